The average Bonchev–Trinajstić information content (AvgIpc) is 2.68. The van der Waals surface area contributed by atoms with Crippen LogP contribution in [0.15, 0.2) is 30.3 Å². The molecule has 160 valence electrons. The van der Waals surface area contributed by atoms with E-state index in [1.165, 1.54) is 5.56 Å². The van der Waals surface area contributed by atoms with E-state index in [4.69, 9.17) is 0 Å². The van der Waals surface area contributed by atoms with Gasteiger partial charge in [0.25, 0.3) is 0 Å². The third kappa shape index (κ3) is 6.03. The molecule has 1 aliphatic heterocycles. The molecule has 29 heavy (non-hydrogen) atoms. The summed E-state index contributed by atoms with van der Waals surface area (Å²) in [6.07, 6.45) is 3.19. The van der Waals surface area contributed by atoms with E-state index in [-0.39, 0.29) is 12.1 Å². The van der Waals surface area contributed by atoms with Gasteiger partial charge in [0.2, 0.25) is 0 Å². The number of nitrogens with zero attached hydrogens (tertiary/aromatic N) is 3. The van der Waals surface area contributed by atoms with Crippen LogP contribution in [0.3, 0.4) is 0 Å². The third-order valence-electron chi connectivity index (χ3n) is 6.31. The van der Waals surface area contributed by atoms with Gasteiger partial charge in [-0.05, 0) is 45.3 Å². The molecule has 1 aromatic carbocycles. The van der Waals surface area contributed by atoms with E-state index in [2.05, 4.69) is 39.4 Å². The first-order chi connectivity index (χ1) is 14.0. The normalized spacial score (nSPS) is 25.0. The maximum atomic E-state index is 12.9. The number of likely N-dealkylation sites (tertiary alicyclic amines) is 1. The lowest BCUT2D eigenvalue weighted by Crippen LogP contribution is -2.58. The molecule has 0 radical (unpaired) electrons. The van der Waals surface area contributed by atoms with E-state index < -0.39 is 0 Å². The van der Waals surface area contributed by atoms with Crippen LogP contribution in [-0.4, -0.2) is 78.9 Å². The summed E-state index contributed by atoms with van der Waals surface area (Å²) in [5.41, 5.74) is 1.29. The Morgan fingerprint density at radius 2 is 1.97 bits per heavy atom. The Hall–Kier alpha value is -1.92. The van der Waals surface area contributed by atoms with E-state index in [0.717, 1.165) is 39.0 Å². The van der Waals surface area contributed by atoms with Gasteiger partial charge < -0.3 is 15.1 Å². The molecule has 1 N–H and O–H groups in total. The number of rotatable bonds is 7. The molecular formula is C23H36N4O2. The smallest absolute Gasteiger partial charge is 0.317 e. The molecule has 2 fully saturated rings. The number of likely N-dealkylation sites (N-methyl/N-ethyl adjacent to an activating group) is 2. The minimum atomic E-state index is 0.0135. The molecule has 1 saturated carbocycles. The summed E-state index contributed by atoms with van der Waals surface area (Å²) >= 11 is 0. The molecule has 2 aliphatic rings. The van der Waals surface area contributed by atoms with Crippen molar-refractivity contribution in [1.29, 1.82) is 0 Å². The van der Waals surface area contributed by atoms with Crippen molar-refractivity contribution in [2.75, 3.05) is 40.3 Å². The molecular weight excluding hydrogens is 364 g/mol. The largest absolute Gasteiger partial charge is 0.334 e. The first-order valence-electron chi connectivity index (χ1n) is 11.0. The highest BCUT2D eigenvalue weighted by Gasteiger charge is 2.40. The second-order valence-electron chi connectivity index (χ2n) is 8.79. The number of hydrogen-bond acceptors (Lipinski definition) is 4. The first kappa shape index (κ1) is 21.8. The van der Waals surface area contributed by atoms with E-state index >= 15 is 0 Å². The summed E-state index contributed by atoms with van der Waals surface area (Å²) in [6.45, 7) is 6.02. The number of amides is 2. The number of ketones is 1. The number of piperidine rings is 1. The zero-order valence-electron chi connectivity index (χ0n) is 18.1. The maximum Gasteiger partial charge on any atom is 0.317 e. The highest BCUT2D eigenvalue weighted by molar-refractivity contribution is 5.79. The SMILES string of the molecule is CCN(CCN(C)C)C(=O)N[C@H]1C[C@@H]2CC(=O)CC[C@H]2N(Cc2ccccc2)C1. The third-order valence-corrected chi connectivity index (χ3v) is 6.31. The van der Waals surface area contributed by atoms with Crippen LogP contribution in [0.2, 0.25) is 0 Å². The van der Waals surface area contributed by atoms with Crippen LogP contribution in [0.25, 0.3) is 0 Å². The fourth-order valence-electron chi connectivity index (χ4n) is 4.75. The van der Waals surface area contributed by atoms with Gasteiger partial charge in [-0.1, -0.05) is 30.3 Å². The topological polar surface area (TPSA) is 55.9 Å². The molecule has 1 saturated heterocycles. The van der Waals surface area contributed by atoms with Gasteiger partial charge in [0.05, 0.1) is 0 Å². The molecule has 6 nitrogen and oxygen atoms in total. The van der Waals surface area contributed by atoms with Gasteiger partial charge in [-0.25, -0.2) is 4.79 Å². The summed E-state index contributed by atoms with van der Waals surface area (Å²) in [7, 11) is 4.04. The predicted octanol–water partition coefficient (Wildman–Crippen LogP) is 2.59. The first-order valence-corrected chi connectivity index (χ1v) is 11.0. The van der Waals surface area contributed by atoms with Gasteiger partial charge in [0.1, 0.15) is 5.78 Å². The highest BCUT2D eigenvalue weighted by Crippen LogP contribution is 2.35. The number of carbonyl (C=O) groups is 2. The molecule has 3 atom stereocenters. The monoisotopic (exact) mass is 400 g/mol. The fraction of sp³-hybridized carbons (Fsp3) is 0.652. The van der Waals surface area contributed by atoms with Crippen molar-refractivity contribution in [2.24, 2.45) is 5.92 Å². The van der Waals surface area contributed by atoms with Crippen molar-refractivity contribution in [3.8, 4) is 0 Å². The summed E-state index contributed by atoms with van der Waals surface area (Å²) in [5, 5.41) is 3.27. The number of nitrogens with one attached hydrogen (secondary N) is 1. The Bertz CT molecular complexity index is 679. The number of hydrogen-bond donors (Lipinski definition) is 1. The Morgan fingerprint density at radius 3 is 2.66 bits per heavy atom. The number of Topliss-reactive ketones (excluding diaryl/α,β-unsaturated/α-hetero) is 1. The zero-order valence-corrected chi connectivity index (χ0v) is 18.1. The van der Waals surface area contributed by atoms with Gasteiger partial charge in [0, 0.05) is 57.6 Å². The Labute approximate surface area is 175 Å². The Morgan fingerprint density at radius 1 is 1.21 bits per heavy atom. The van der Waals surface area contributed by atoms with Crippen molar-refractivity contribution >= 4 is 11.8 Å². The molecule has 0 aromatic heterocycles. The lowest BCUT2D eigenvalue weighted by Gasteiger charge is -2.47. The van der Waals surface area contributed by atoms with E-state index in [1.807, 2.05) is 32.0 Å². The predicted molar refractivity (Wildman–Crippen MR) is 116 cm³/mol. The summed E-state index contributed by atoms with van der Waals surface area (Å²) in [6, 6.07) is 11.0. The molecule has 6 heteroatoms. The quantitative estimate of drug-likeness (QED) is 0.764. The molecule has 1 aliphatic carbocycles. The van der Waals surface area contributed by atoms with Crippen molar-refractivity contribution in [3.63, 3.8) is 0 Å². The number of urea groups is 1. The number of benzene rings is 1. The Kier molecular flexibility index (Phi) is 7.67. The van der Waals surface area contributed by atoms with Gasteiger partial charge in [-0.2, -0.15) is 0 Å². The van der Waals surface area contributed by atoms with Crippen molar-refractivity contribution in [3.05, 3.63) is 35.9 Å². The summed E-state index contributed by atoms with van der Waals surface area (Å²) in [5.74, 6) is 0.718. The van der Waals surface area contributed by atoms with Crippen molar-refractivity contribution < 1.29 is 9.59 Å². The summed E-state index contributed by atoms with van der Waals surface area (Å²) < 4.78 is 0. The van der Waals surface area contributed by atoms with Gasteiger partial charge >= 0.3 is 6.03 Å². The van der Waals surface area contributed by atoms with Gasteiger partial charge in [0.15, 0.2) is 0 Å². The fourth-order valence-corrected chi connectivity index (χ4v) is 4.75. The molecule has 0 spiro atoms. The van der Waals surface area contributed by atoms with E-state index in [1.54, 1.807) is 0 Å². The number of carbonyl (C=O) groups excluding carboxylic acids is 2. The Balaban J connectivity index is 1.66. The molecule has 3 rings (SSSR count). The number of fused-ring (bicyclic) bond motifs is 1. The van der Waals surface area contributed by atoms with Crippen LogP contribution in [0.1, 0.15) is 38.2 Å². The van der Waals surface area contributed by atoms with E-state index in [0.29, 0.717) is 37.1 Å². The standard InChI is InChI=1S/C23H36N4O2/c1-4-26(13-12-25(2)3)23(29)24-20-14-19-15-21(28)10-11-22(19)27(17-20)16-18-8-6-5-7-9-18/h5-9,19-20,22H,4,10-17H2,1-3H3,(H,24,29)/t19-,20+,22-/m1/s1. The molecule has 0 unspecified atom stereocenters. The van der Waals surface area contributed by atoms with Crippen molar-refractivity contribution in [2.45, 2.75) is 51.2 Å². The van der Waals surface area contributed by atoms with Crippen LogP contribution in [0.4, 0.5) is 4.79 Å². The zero-order chi connectivity index (χ0) is 20.8. The maximum absolute atomic E-state index is 12.9. The van der Waals surface area contributed by atoms with Crippen LogP contribution < -0.4 is 5.32 Å². The van der Waals surface area contributed by atoms with Crippen LogP contribution in [0.5, 0.6) is 0 Å². The lowest BCUT2D eigenvalue weighted by molar-refractivity contribution is -0.124. The minimum absolute atomic E-state index is 0.0135. The van der Waals surface area contributed by atoms with Crippen LogP contribution in [-0.2, 0) is 11.3 Å². The molecule has 2 amide bonds. The molecule has 0 bridgehead atoms. The van der Waals surface area contributed by atoms with Gasteiger partial charge in [-0.3, -0.25) is 9.69 Å². The second-order valence-corrected chi connectivity index (χ2v) is 8.79. The highest BCUT2D eigenvalue weighted by atomic mass is 16.2. The van der Waals surface area contributed by atoms with E-state index in [9.17, 15) is 9.59 Å². The minimum Gasteiger partial charge on any atom is -0.334 e. The molecule has 1 aromatic rings. The van der Waals surface area contributed by atoms with Crippen LogP contribution in [0, 0.1) is 5.92 Å². The van der Waals surface area contributed by atoms with Crippen LogP contribution >= 0.6 is 0 Å². The van der Waals surface area contributed by atoms with Crippen molar-refractivity contribution in [1.82, 2.24) is 20.0 Å². The summed E-state index contributed by atoms with van der Waals surface area (Å²) in [4.78, 5) is 31.4. The van der Waals surface area contributed by atoms with Gasteiger partial charge in [-0.15, -0.1) is 0 Å². The lowest BCUT2D eigenvalue weighted by atomic mass is 9.76. The average molecular weight is 401 g/mol. The molecule has 1 heterocycles. The second kappa shape index (κ2) is 10.2.